The lowest BCUT2D eigenvalue weighted by Crippen LogP contribution is -2.52. The van der Waals surface area contributed by atoms with Gasteiger partial charge in [-0.05, 0) is 37.5 Å². The van der Waals surface area contributed by atoms with Gasteiger partial charge >= 0.3 is 0 Å². The Bertz CT molecular complexity index is 609. The van der Waals surface area contributed by atoms with Gasteiger partial charge in [-0.3, -0.25) is 9.59 Å². The zero-order chi connectivity index (χ0) is 15.4. The Morgan fingerprint density at radius 1 is 1.57 bits per heavy atom. The van der Waals surface area contributed by atoms with E-state index in [-0.39, 0.29) is 18.0 Å². The molecule has 21 heavy (non-hydrogen) atoms. The van der Waals surface area contributed by atoms with Crippen molar-refractivity contribution in [2.75, 3.05) is 11.4 Å². The van der Waals surface area contributed by atoms with E-state index < -0.39 is 17.8 Å². The smallest absolute Gasteiger partial charge is 0.249 e. The van der Waals surface area contributed by atoms with Gasteiger partial charge in [-0.25, -0.2) is 4.39 Å². The van der Waals surface area contributed by atoms with Gasteiger partial charge in [0.15, 0.2) is 0 Å². The fraction of sp³-hybridized carbons (Fsp3) is 0.400. The molecule has 1 fully saturated rings. The van der Waals surface area contributed by atoms with Gasteiger partial charge in [0, 0.05) is 6.54 Å². The Hall–Kier alpha value is -2.42. The summed E-state index contributed by atoms with van der Waals surface area (Å²) in [6, 6.07) is 5.62. The molecular weight excluding hydrogens is 273 g/mol. The van der Waals surface area contributed by atoms with Gasteiger partial charge in [-0.2, -0.15) is 5.26 Å². The molecule has 0 spiro atoms. The number of amides is 2. The van der Waals surface area contributed by atoms with Crippen LogP contribution in [0.2, 0.25) is 0 Å². The van der Waals surface area contributed by atoms with Gasteiger partial charge in [0.1, 0.15) is 18.3 Å². The molecule has 1 atom stereocenters. The van der Waals surface area contributed by atoms with Crippen molar-refractivity contribution in [3.63, 3.8) is 0 Å². The monoisotopic (exact) mass is 289 g/mol. The molecular formula is C15H16FN3O2. The number of benzene rings is 1. The van der Waals surface area contributed by atoms with E-state index in [0.717, 1.165) is 5.56 Å². The predicted octanol–water partition coefficient (Wildman–Crippen LogP) is 1.66. The summed E-state index contributed by atoms with van der Waals surface area (Å²) >= 11 is 0. The van der Waals surface area contributed by atoms with E-state index in [2.05, 4.69) is 5.32 Å². The van der Waals surface area contributed by atoms with Crippen molar-refractivity contribution in [3.8, 4) is 6.07 Å². The number of hydrogen-bond donors (Lipinski definition) is 1. The average Bonchev–Trinajstić information content (AvgIpc) is 2.44. The molecule has 2 rings (SSSR count). The van der Waals surface area contributed by atoms with Crippen molar-refractivity contribution in [1.82, 2.24) is 5.32 Å². The maximum Gasteiger partial charge on any atom is 0.249 e. The molecule has 6 heteroatoms. The molecule has 0 aromatic heterocycles. The summed E-state index contributed by atoms with van der Waals surface area (Å²) in [7, 11) is 0. The van der Waals surface area contributed by atoms with Crippen molar-refractivity contribution < 1.29 is 14.0 Å². The second-order valence-electron chi connectivity index (χ2n) is 5.04. The highest BCUT2D eigenvalue weighted by atomic mass is 19.1. The predicted molar refractivity (Wildman–Crippen MR) is 74.9 cm³/mol. The van der Waals surface area contributed by atoms with Gasteiger partial charge in [-0.15, -0.1) is 0 Å². The van der Waals surface area contributed by atoms with Gasteiger partial charge in [0.2, 0.25) is 11.8 Å². The number of halogens is 1. The van der Waals surface area contributed by atoms with Crippen LogP contribution in [0.15, 0.2) is 18.2 Å². The van der Waals surface area contributed by atoms with Crippen molar-refractivity contribution in [2.45, 2.75) is 32.2 Å². The van der Waals surface area contributed by atoms with Gasteiger partial charge in [0.25, 0.3) is 0 Å². The molecule has 1 saturated heterocycles. The summed E-state index contributed by atoms with van der Waals surface area (Å²) in [4.78, 5) is 25.2. The number of nitrogens with one attached hydrogen (secondary N) is 1. The number of nitriles is 1. The Morgan fingerprint density at radius 2 is 2.33 bits per heavy atom. The lowest BCUT2D eigenvalue weighted by atomic mass is 10.0. The molecule has 1 aromatic carbocycles. The van der Waals surface area contributed by atoms with Crippen LogP contribution in [0.3, 0.4) is 0 Å². The highest BCUT2D eigenvalue weighted by molar-refractivity contribution is 6.00. The van der Waals surface area contributed by atoms with E-state index in [1.807, 2.05) is 6.92 Å². The molecule has 1 N–H and O–H groups in total. The van der Waals surface area contributed by atoms with Crippen LogP contribution >= 0.6 is 0 Å². The minimum Gasteiger partial charge on any atom is -0.343 e. The molecule has 2 amide bonds. The van der Waals surface area contributed by atoms with Gasteiger partial charge in [0.05, 0.1) is 11.8 Å². The zero-order valence-electron chi connectivity index (χ0n) is 11.7. The maximum absolute atomic E-state index is 13.9. The minimum absolute atomic E-state index is 0.235. The number of hydrogen-bond acceptors (Lipinski definition) is 3. The van der Waals surface area contributed by atoms with Gasteiger partial charge < -0.3 is 10.2 Å². The summed E-state index contributed by atoms with van der Waals surface area (Å²) in [6.07, 6.45) is 0.874. The first-order chi connectivity index (χ1) is 10.0. The van der Waals surface area contributed by atoms with Crippen LogP contribution in [-0.4, -0.2) is 24.4 Å². The Labute approximate surface area is 122 Å². The van der Waals surface area contributed by atoms with E-state index in [1.165, 1.54) is 11.0 Å². The maximum atomic E-state index is 13.9. The average molecular weight is 289 g/mol. The number of piperidine rings is 1. The molecule has 0 radical (unpaired) electrons. The van der Waals surface area contributed by atoms with Crippen molar-refractivity contribution in [3.05, 3.63) is 29.6 Å². The van der Waals surface area contributed by atoms with Crippen molar-refractivity contribution >= 4 is 17.5 Å². The number of carbonyl (C=O) groups excluding carboxylic acids is 2. The lowest BCUT2D eigenvalue weighted by molar-refractivity contribution is -0.128. The van der Waals surface area contributed by atoms with Crippen LogP contribution in [0.5, 0.6) is 0 Å². The largest absolute Gasteiger partial charge is 0.343 e. The summed E-state index contributed by atoms with van der Waals surface area (Å²) in [5.41, 5.74) is 1.09. The Kier molecular flexibility index (Phi) is 4.53. The summed E-state index contributed by atoms with van der Waals surface area (Å²) < 4.78 is 13.9. The first-order valence-corrected chi connectivity index (χ1v) is 6.77. The molecule has 0 unspecified atom stereocenters. The van der Waals surface area contributed by atoms with E-state index in [9.17, 15) is 14.0 Å². The van der Waals surface area contributed by atoms with Crippen LogP contribution < -0.4 is 10.2 Å². The van der Waals surface area contributed by atoms with Crippen molar-refractivity contribution in [2.24, 2.45) is 0 Å². The zero-order valence-corrected chi connectivity index (χ0v) is 11.7. The highest BCUT2D eigenvalue weighted by Gasteiger charge is 2.31. The van der Waals surface area contributed by atoms with E-state index >= 15 is 0 Å². The Morgan fingerprint density at radius 3 is 3.05 bits per heavy atom. The molecule has 0 saturated carbocycles. The van der Waals surface area contributed by atoms with Crippen LogP contribution in [0.1, 0.15) is 24.8 Å². The Balaban J connectivity index is 2.18. The molecule has 0 bridgehead atoms. The van der Waals surface area contributed by atoms with Crippen LogP contribution in [0, 0.1) is 24.1 Å². The first-order valence-electron chi connectivity index (χ1n) is 6.77. The molecule has 5 nitrogen and oxygen atoms in total. The summed E-state index contributed by atoms with van der Waals surface area (Å²) in [6.45, 7) is 2.24. The fourth-order valence-electron chi connectivity index (χ4n) is 2.40. The van der Waals surface area contributed by atoms with E-state index in [4.69, 9.17) is 5.26 Å². The number of nitrogens with zero attached hydrogens (tertiary/aromatic N) is 2. The normalized spacial score (nSPS) is 18.2. The second-order valence-corrected chi connectivity index (χ2v) is 5.04. The number of aryl methyl sites for hydroxylation is 1. The van der Waals surface area contributed by atoms with Crippen LogP contribution in [-0.2, 0) is 9.59 Å². The summed E-state index contributed by atoms with van der Waals surface area (Å²) in [5.74, 6) is -1.28. The highest BCUT2D eigenvalue weighted by Crippen LogP contribution is 2.25. The van der Waals surface area contributed by atoms with Crippen molar-refractivity contribution in [1.29, 1.82) is 5.26 Å². The molecule has 0 aliphatic carbocycles. The number of rotatable bonds is 3. The van der Waals surface area contributed by atoms with E-state index in [1.54, 1.807) is 18.2 Å². The third-order valence-corrected chi connectivity index (χ3v) is 3.41. The first kappa shape index (κ1) is 15.0. The molecule has 1 aromatic rings. The van der Waals surface area contributed by atoms with E-state index in [0.29, 0.717) is 19.4 Å². The fourth-order valence-corrected chi connectivity index (χ4v) is 2.40. The molecule has 1 aliphatic rings. The minimum atomic E-state index is -0.695. The third-order valence-electron chi connectivity index (χ3n) is 3.41. The lowest BCUT2D eigenvalue weighted by Gasteiger charge is -2.32. The SMILES string of the molecule is Cc1ccc(F)c(N2CCC[C@H](NC(=O)CC#N)C2=O)c1. The standard InChI is InChI=1S/C15H16FN3O2/c1-10-4-5-11(16)13(9-10)19-8-2-3-12(15(19)21)18-14(20)6-7-17/h4-5,9,12H,2-3,6,8H2,1H3,(H,18,20)/t12-/m0/s1. The van der Waals surface area contributed by atoms with Crippen LogP contribution in [0.25, 0.3) is 0 Å². The number of anilines is 1. The molecule has 1 heterocycles. The third kappa shape index (κ3) is 3.37. The number of carbonyl (C=O) groups is 2. The molecule has 110 valence electrons. The molecule has 1 aliphatic heterocycles. The topological polar surface area (TPSA) is 73.2 Å². The summed E-state index contributed by atoms with van der Waals surface area (Å²) in [5, 5.41) is 11.0. The quantitative estimate of drug-likeness (QED) is 0.919. The van der Waals surface area contributed by atoms with Crippen LogP contribution in [0.4, 0.5) is 10.1 Å². The van der Waals surface area contributed by atoms with Gasteiger partial charge in [-0.1, -0.05) is 6.07 Å². The second kappa shape index (κ2) is 6.35.